The number of benzene rings is 2. The Morgan fingerprint density at radius 3 is 2.14 bits per heavy atom. The van der Waals surface area contributed by atoms with Crippen LogP contribution in [0.25, 0.3) is 28.3 Å². The molecule has 0 nitrogen and oxygen atoms in total. The molecule has 0 aromatic heterocycles. The van der Waals surface area contributed by atoms with Crippen LogP contribution in [0.4, 0.5) is 0 Å². The number of hydrogen-bond acceptors (Lipinski definition) is 0. The predicted octanol–water partition coefficient (Wildman–Crippen LogP) is 3.98. The van der Waals surface area contributed by atoms with Crippen LogP contribution in [0.1, 0.15) is 5.56 Å². The maximum Gasteiger partial charge on any atom is -0.00930 e. The predicted molar refractivity (Wildman–Crippen MR) is 61.0 cm³/mol. The van der Waals surface area contributed by atoms with Gasteiger partial charge in [0.05, 0.1) is 0 Å². The van der Waals surface area contributed by atoms with Gasteiger partial charge in [-0.25, -0.2) is 0 Å². The van der Waals surface area contributed by atoms with Crippen molar-refractivity contribution >= 4 is 6.08 Å². The van der Waals surface area contributed by atoms with Crippen LogP contribution in [-0.4, -0.2) is 0 Å². The molecule has 66 valence electrons. The minimum Gasteiger partial charge on any atom is -0.0985 e. The van der Waals surface area contributed by atoms with Crippen molar-refractivity contribution in [2.45, 2.75) is 0 Å². The molecule has 0 spiro atoms. The molecule has 0 atom stereocenters. The summed E-state index contributed by atoms with van der Waals surface area (Å²) in [5, 5.41) is 0. The quantitative estimate of drug-likeness (QED) is 0.528. The van der Waals surface area contributed by atoms with Gasteiger partial charge in [-0.3, -0.25) is 0 Å². The Kier molecular flexibility index (Phi) is 1.40. The Bertz CT molecular complexity index is 521. The highest BCUT2D eigenvalue weighted by Crippen LogP contribution is 2.46. The summed E-state index contributed by atoms with van der Waals surface area (Å²) in [5.74, 6) is 0. The van der Waals surface area contributed by atoms with Gasteiger partial charge in [-0.15, -0.1) is 0 Å². The molecule has 2 aromatic carbocycles. The average Bonchev–Trinajstić information content (AvgIpc) is 2.25. The molecule has 0 saturated heterocycles. The van der Waals surface area contributed by atoms with Crippen molar-refractivity contribution in [3.8, 4) is 22.3 Å². The largest absolute Gasteiger partial charge is 0.0985 e. The first-order chi connectivity index (χ1) is 6.90. The van der Waals surface area contributed by atoms with Gasteiger partial charge in [-0.2, -0.15) is 0 Å². The van der Waals surface area contributed by atoms with Crippen LogP contribution < -0.4 is 0 Å². The van der Waals surface area contributed by atoms with E-state index in [1.54, 1.807) is 0 Å². The molecule has 14 heavy (non-hydrogen) atoms. The van der Waals surface area contributed by atoms with Gasteiger partial charge in [0.25, 0.3) is 0 Å². The van der Waals surface area contributed by atoms with Crippen LogP contribution in [0.5, 0.6) is 0 Å². The molecule has 0 aliphatic heterocycles. The molecule has 0 heterocycles. The minimum absolute atomic E-state index is 1.19. The van der Waals surface area contributed by atoms with E-state index in [-0.39, 0.29) is 0 Å². The number of hydrogen-bond donors (Lipinski definition) is 0. The van der Waals surface area contributed by atoms with Crippen LogP contribution in [0.15, 0.2) is 49.0 Å². The zero-order chi connectivity index (χ0) is 9.54. The molecule has 1 aliphatic carbocycles. The second-order valence-corrected chi connectivity index (χ2v) is 3.55. The molecular weight excluding hydrogens is 168 g/mol. The molecule has 2 aromatic rings. The van der Waals surface area contributed by atoms with Crippen molar-refractivity contribution in [2.75, 3.05) is 0 Å². The molecule has 0 saturated carbocycles. The van der Waals surface area contributed by atoms with Crippen molar-refractivity contribution in [3.05, 3.63) is 54.6 Å². The van der Waals surface area contributed by atoms with E-state index in [9.17, 15) is 0 Å². The second kappa shape index (κ2) is 2.58. The van der Waals surface area contributed by atoms with Gasteiger partial charge in [0, 0.05) is 0 Å². The molecule has 0 amide bonds. The molecule has 0 radical (unpaired) electrons. The summed E-state index contributed by atoms with van der Waals surface area (Å²) >= 11 is 0. The lowest BCUT2D eigenvalue weighted by Gasteiger charge is -2.23. The third kappa shape index (κ3) is 0.828. The van der Waals surface area contributed by atoms with Crippen molar-refractivity contribution in [1.82, 2.24) is 0 Å². The lowest BCUT2D eigenvalue weighted by atomic mass is 9.80. The second-order valence-electron chi connectivity index (χ2n) is 3.55. The Labute approximate surface area is 83.5 Å². The maximum absolute atomic E-state index is 3.78. The Morgan fingerprint density at radius 2 is 1.43 bits per heavy atom. The highest BCUT2D eigenvalue weighted by Gasteiger charge is 2.20. The van der Waals surface area contributed by atoms with Crippen LogP contribution in [0.2, 0.25) is 0 Å². The summed E-state index contributed by atoms with van der Waals surface area (Å²) in [7, 11) is 0. The Balaban J connectivity index is 2.24. The van der Waals surface area contributed by atoms with Crippen LogP contribution in [-0.2, 0) is 0 Å². The standard InChI is InChI=1S/C14H10/c1-2-10-7-8-13-11-5-3-4-6-12(11)14(13)9-10/h2-9H,1H2. The minimum atomic E-state index is 1.19. The first-order valence-electron chi connectivity index (χ1n) is 4.76. The van der Waals surface area contributed by atoms with E-state index in [1.165, 1.54) is 27.8 Å². The summed E-state index contributed by atoms with van der Waals surface area (Å²) in [4.78, 5) is 0. The third-order valence-corrected chi connectivity index (χ3v) is 2.79. The highest BCUT2D eigenvalue weighted by atomic mass is 14.2. The van der Waals surface area contributed by atoms with Crippen molar-refractivity contribution in [1.29, 1.82) is 0 Å². The molecule has 0 fully saturated rings. The molecule has 3 rings (SSSR count). The van der Waals surface area contributed by atoms with E-state index in [2.05, 4.69) is 49.0 Å². The Hall–Kier alpha value is -1.82. The van der Waals surface area contributed by atoms with Crippen molar-refractivity contribution in [3.63, 3.8) is 0 Å². The van der Waals surface area contributed by atoms with E-state index in [4.69, 9.17) is 0 Å². The topological polar surface area (TPSA) is 0 Å². The lowest BCUT2D eigenvalue weighted by Crippen LogP contribution is -1.97. The van der Waals surface area contributed by atoms with Gasteiger partial charge < -0.3 is 0 Å². The van der Waals surface area contributed by atoms with Gasteiger partial charge in [0.2, 0.25) is 0 Å². The SMILES string of the molecule is C=Cc1ccc2c(c1)-c1ccccc1-2. The van der Waals surface area contributed by atoms with Gasteiger partial charge >= 0.3 is 0 Å². The zero-order valence-electron chi connectivity index (χ0n) is 7.83. The fraction of sp³-hybridized carbons (Fsp3) is 0. The molecule has 1 aliphatic rings. The monoisotopic (exact) mass is 178 g/mol. The molecule has 0 heteroatoms. The molecule has 0 bridgehead atoms. The smallest absolute Gasteiger partial charge is 0.00930 e. The van der Waals surface area contributed by atoms with Gasteiger partial charge in [0.15, 0.2) is 0 Å². The first kappa shape index (κ1) is 7.57. The molecule has 0 unspecified atom stereocenters. The van der Waals surface area contributed by atoms with E-state index in [1.807, 2.05) is 6.08 Å². The number of fused-ring (bicyclic) bond motifs is 4. The first-order valence-corrected chi connectivity index (χ1v) is 4.76. The maximum atomic E-state index is 3.78. The summed E-state index contributed by atoms with van der Waals surface area (Å²) in [5.41, 5.74) is 6.66. The molecular formula is C14H10. The van der Waals surface area contributed by atoms with E-state index in [0.717, 1.165) is 0 Å². The van der Waals surface area contributed by atoms with Crippen molar-refractivity contribution in [2.24, 2.45) is 0 Å². The van der Waals surface area contributed by atoms with Gasteiger partial charge in [-0.05, 0) is 33.9 Å². The summed E-state index contributed by atoms with van der Waals surface area (Å²) in [6.45, 7) is 3.78. The fourth-order valence-corrected chi connectivity index (χ4v) is 2.04. The molecule has 0 N–H and O–H groups in total. The summed E-state index contributed by atoms with van der Waals surface area (Å²) in [6.07, 6.45) is 1.89. The highest BCUT2D eigenvalue weighted by molar-refractivity contribution is 6.02. The van der Waals surface area contributed by atoms with Gasteiger partial charge in [0.1, 0.15) is 0 Å². The van der Waals surface area contributed by atoms with Crippen LogP contribution in [0, 0.1) is 0 Å². The van der Waals surface area contributed by atoms with E-state index >= 15 is 0 Å². The summed E-state index contributed by atoms with van der Waals surface area (Å²) < 4.78 is 0. The average molecular weight is 178 g/mol. The normalized spacial score (nSPS) is 11.1. The zero-order valence-corrected chi connectivity index (χ0v) is 7.83. The third-order valence-electron chi connectivity index (χ3n) is 2.79. The fourth-order valence-electron chi connectivity index (χ4n) is 2.04. The lowest BCUT2D eigenvalue weighted by molar-refractivity contribution is 1.51. The van der Waals surface area contributed by atoms with E-state index in [0.29, 0.717) is 0 Å². The van der Waals surface area contributed by atoms with Crippen molar-refractivity contribution < 1.29 is 0 Å². The number of rotatable bonds is 1. The van der Waals surface area contributed by atoms with Crippen LogP contribution >= 0.6 is 0 Å². The summed E-state index contributed by atoms with van der Waals surface area (Å²) in [6, 6.07) is 15.0. The van der Waals surface area contributed by atoms with Gasteiger partial charge in [-0.1, -0.05) is 49.1 Å². The van der Waals surface area contributed by atoms with Crippen LogP contribution in [0.3, 0.4) is 0 Å². The Morgan fingerprint density at radius 1 is 0.786 bits per heavy atom. The van der Waals surface area contributed by atoms with E-state index < -0.39 is 0 Å².